The van der Waals surface area contributed by atoms with Gasteiger partial charge in [0.1, 0.15) is 5.78 Å². The summed E-state index contributed by atoms with van der Waals surface area (Å²) in [5.74, 6) is 4.32. The van der Waals surface area contributed by atoms with Crippen molar-refractivity contribution in [2.45, 2.75) is 104 Å². The van der Waals surface area contributed by atoms with Crippen LogP contribution in [0.3, 0.4) is 0 Å². The van der Waals surface area contributed by atoms with E-state index in [-0.39, 0.29) is 0 Å². The zero-order valence-electron chi connectivity index (χ0n) is 18.9. The average Bonchev–Trinajstić information content (AvgIpc) is 2.97. The molecule has 0 saturated heterocycles. The Morgan fingerprint density at radius 3 is 2.61 bits per heavy atom. The van der Waals surface area contributed by atoms with E-state index in [2.05, 4.69) is 26.8 Å². The SMILES string of the molecule is CC(=O)CC[C@@H](C)[C@H]1CCC2[C@@H]3CC=C4C[C@@](C)(O)CC[C@]4(C)[C@H]3CC[C@@]21C. The van der Waals surface area contributed by atoms with E-state index in [1.54, 1.807) is 12.5 Å². The van der Waals surface area contributed by atoms with Gasteiger partial charge in [-0.15, -0.1) is 0 Å². The number of carbonyl (C=O) groups is 1. The van der Waals surface area contributed by atoms with E-state index >= 15 is 0 Å². The second-order valence-corrected chi connectivity index (χ2v) is 11.9. The molecule has 3 saturated carbocycles. The fourth-order valence-corrected chi connectivity index (χ4v) is 8.41. The molecule has 0 aromatic heterocycles. The minimum atomic E-state index is -0.494. The van der Waals surface area contributed by atoms with Gasteiger partial charge in [0.2, 0.25) is 0 Å². The second kappa shape index (κ2) is 6.96. The van der Waals surface area contributed by atoms with Crippen LogP contribution in [0.4, 0.5) is 0 Å². The third-order valence-electron chi connectivity index (χ3n) is 10.1. The summed E-state index contributed by atoms with van der Waals surface area (Å²) < 4.78 is 0. The van der Waals surface area contributed by atoms with Gasteiger partial charge in [-0.05, 0) is 112 Å². The molecule has 3 fully saturated rings. The van der Waals surface area contributed by atoms with E-state index in [9.17, 15) is 9.90 Å². The fourth-order valence-electron chi connectivity index (χ4n) is 8.41. The highest BCUT2D eigenvalue weighted by Crippen LogP contribution is 2.67. The molecule has 0 heterocycles. The summed E-state index contributed by atoms with van der Waals surface area (Å²) in [6.07, 6.45) is 14.1. The van der Waals surface area contributed by atoms with E-state index in [1.807, 2.05) is 6.92 Å². The fraction of sp³-hybridized carbons (Fsp3) is 0.885. The zero-order valence-corrected chi connectivity index (χ0v) is 18.9. The van der Waals surface area contributed by atoms with Gasteiger partial charge in [0.25, 0.3) is 0 Å². The lowest BCUT2D eigenvalue weighted by Gasteiger charge is -2.59. The van der Waals surface area contributed by atoms with Gasteiger partial charge in [-0.25, -0.2) is 0 Å². The maximum atomic E-state index is 11.5. The summed E-state index contributed by atoms with van der Waals surface area (Å²) in [6, 6.07) is 0. The number of hydrogen-bond donors (Lipinski definition) is 1. The molecule has 2 heteroatoms. The van der Waals surface area contributed by atoms with Crippen molar-refractivity contribution in [2.24, 2.45) is 40.4 Å². The summed E-state index contributed by atoms with van der Waals surface area (Å²) in [4.78, 5) is 11.5. The minimum Gasteiger partial charge on any atom is -0.390 e. The van der Waals surface area contributed by atoms with Gasteiger partial charge in [-0.1, -0.05) is 32.4 Å². The van der Waals surface area contributed by atoms with Crippen molar-refractivity contribution in [1.82, 2.24) is 0 Å². The van der Waals surface area contributed by atoms with E-state index in [1.165, 1.54) is 32.1 Å². The third-order valence-corrected chi connectivity index (χ3v) is 10.1. The van der Waals surface area contributed by atoms with Crippen LogP contribution in [0.15, 0.2) is 11.6 Å². The standard InChI is InChI=1S/C26H42O2/c1-17(6-7-18(2)27)21-10-11-22-20-9-8-19-16-24(3,28)14-15-25(19,4)23(20)12-13-26(21,22)5/h8,17,20-23,28H,6-7,9-16H2,1-5H3/t17-,20+,21-,22?,23+,24+,25+,26-/m1/s1. The largest absolute Gasteiger partial charge is 0.390 e. The molecule has 0 aromatic rings. The highest BCUT2D eigenvalue weighted by Gasteiger charge is 2.59. The molecule has 0 bridgehead atoms. The van der Waals surface area contributed by atoms with Crippen LogP contribution in [0.5, 0.6) is 0 Å². The Morgan fingerprint density at radius 2 is 1.89 bits per heavy atom. The van der Waals surface area contributed by atoms with Crippen LogP contribution in [0.1, 0.15) is 98.8 Å². The average molecular weight is 387 g/mol. The molecule has 1 N–H and O–H groups in total. The number of aliphatic hydroxyl groups is 1. The van der Waals surface area contributed by atoms with Crippen molar-refractivity contribution in [3.8, 4) is 0 Å². The quantitative estimate of drug-likeness (QED) is 0.574. The van der Waals surface area contributed by atoms with Crippen LogP contribution in [0.2, 0.25) is 0 Å². The van der Waals surface area contributed by atoms with Gasteiger partial charge in [0.15, 0.2) is 0 Å². The van der Waals surface area contributed by atoms with Crippen LogP contribution in [-0.4, -0.2) is 16.5 Å². The minimum absolute atomic E-state index is 0.324. The number of carbonyl (C=O) groups excluding carboxylic acids is 1. The molecule has 4 aliphatic carbocycles. The zero-order chi connectivity index (χ0) is 20.3. The van der Waals surface area contributed by atoms with E-state index in [4.69, 9.17) is 0 Å². The lowest BCUT2D eigenvalue weighted by molar-refractivity contribution is -0.117. The van der Waals surface area contributed by atoms with Gasteiger partial charge >= 0.3 is 0 Å². The highest BCUT2D eigenvalue weighted by atomic mass is 16.3. The van der Waals surface area contributed by atoms with Crippen molar-refractivity contribution < 1.29 is 9.90 Å². The van der Waals surface area contributed by atoms with Crippen molar-refractivity contribution in [1.29, 1.82) is 0 Å². The molecule has 1 unspecified atom stereocenters. The molecule has 2 nitrogen and oxygen atoms in total. The lowest BCUT2D eigenvalue weighted by atomic mass is 9.46. The third kappa shape index (κ3) is 3.22. The van der Waals surface area contributed by atoms with E-state index in [0.717, 1.165) is 55.8 Å². The first-order chi connectivity index (χ1) is 13.1. The maximum Gasteiger partial charge on any atom is 0.129 e. The number of rotatable bonds is 4. The Hall–Kier alpha value is -0.630. The molecular weight excluding hydrogens is 344 g/mol. The number of Topliss-reactive ketones (excluding diaryl/α,β-unsaturated/α-hetero) is 1. The van der Waals surface area contributed by atoms with Crippen LogP contribution in [0, 0.1) is 40.4 Å². The Kier molecular flexibility index (Phi) is 5.13. The van der Waals surface area contributed by atoms with Crippen LogP contribution in [-0.2, 0) is 4.79 Å². The second-order valence-electron chi connectivity index (χ2n) is 11.9. The molecule has 0 radical (unpaired) electrons. The normalized spacial score (nSPS) is 48.9. The molecule has 8 atom stereocenters. The van der Waals surface area contributed by atoms with Crippen molar-refractivity contribution in [2.75, 3.05) is 0 Å². The molecule has 0 aromatic carbocycles. The lowest BCUT2D eigenvalue weighted by Crippen LogP contribution is -2.52. The molecule has 0 aliphatic heterocycles. The van der Waals surface area contributed by atoms with E-state index in [0.29, 0.717) is 22.5 Å². The topological polar surface area (TPSA) is 37.3 Å². The molecular formula is C26H42O2. The van der Waals surface area contributed by atoms with Gasteiger partial charge in [0, 0.05) is 6.42 Å². The summed E-state index contributed by atoms with van der Waals surface area (Å²) in [6.45, 7) is 11.3. The summed E-state index contributed by atoms with van der Waals surface area (Å²) in [7, 11) is 0. The van der Waals surface area contributed by atoms with Crippen LogP contribution >= 0.6 is 0 Å². The number of hydrogen-bond acceptors (Lipinski definition) is 2. The van der Waals surface area contributed by atoms with Gasteiger partial charge < -0.3 is 9.90 Å². The first-order valence-corrected chi connectivity index (χ1v) is 12.0. The molecule has 158 valence electrons. The smallest absolute Gasteiger partial charge is 0.129 e. The predicted molar refractivity (Wildman–Crippen MR) is 115 cm³/mol. The molecule has 4 aliphatic rings. The first kappa shape index (κ1) is 20.6. The summed E-state index contributed by atoms with van der Waals surface area (Å²) in [5, 5.41) is 10.6. The number of ketones is 1. The summed E-state index contributed by atoms with van der Waals surface area (Å²) in [5.41, 5.74) is 1.87. The Balaban J connectivity index is 1.55. The van der Waals surface area contributed by atoms with Crippen LogP contribution < -0.4 is 0 Å². The Bertz CT molecular complexity index is 661. The predicted octanol–water partition coefficient (Wildman–Crippen LogP) is 6.32. The molecule has 4 rings (SSSR count). The summed E-state index contributed by atoms with van der Waals surface area (Å²) >= 11 is 0. The molecule has 0 spiro atoms. The van der Waals surface area contributed by atoms with E-state index < -0.39 is 5.60 Å². The van der Waals surface area contributed by atoms with Crippen LogP contribution in [0.25, 0.3) is 0 Å². The van der Waals surface area contributed by atoms with Gasteiger partial charge in [0.05, 0.1) is 5.60 Å². The number of fused-ring (bicyclic) bond motifs is 5. The van der Waals surface area contributed by atoms with Crippen molar-refractivity contribution >= 4 is 5.78 Å². The molecule has 28 heavy (non-hydrogen) atoms. The van der Waals surface area contributed by atoms with Gasteiger partial charge in [-0.2, -0.15) is 0 Å². The molecule has 0 amide bonds. The first-order valence-electron chi connectivity index (χ1n) is 12.0. The van der Waals surface area contributed by atoms with Crippen molar-refractivity contribution in [3.05, 3.63) is 11.6 Å². The van der Waals surface area contributed by atoms with Gasteiger partial charge in [-0.3, -0.25) is 0 Å². The Morgan fingerprint density at radius 1 is 1.14 bits per heavy atom. The highest BCUT2D eigenvalue weighted by molar-refractivity contribution is 5.75. The number of allylic oxidation sites excluding steroid dienone is 1. The monoisotopic (exact) mass is 386 g/mol. The van der Waals surface area contributed by atoms with Crippen molar-refractivity contribution in [3.63, 3.8) is 0 Å². The maximum absolute atomic E-state index is 11.5. The Labute approximate surface area is 172 Å².